The molecule has 0 fully saturated rings. The first-order valence-corrected chi connectivity index (χ1v) is 19.8. The highest BCUT2D eigenvalue weighted by molar-refractivity contribution is 6.08. The summed E-state index contributed by atoms with van der Waals surface area (Å²) in [7, 11) is 0. The molecule has 0 saturated heterocycles. The molecule has 10 aromatic rings. The molecule has 12 rings (SSSR count). The van der Waals surface area contributed by atoms with Crippen molar-refractivity contribution in [1.82, 2.24) is 0 Å². The van der Waals surface area contributed by atoms with Crippen molar-refractivity contribution in [3.63, 3.8) is 0 Å². The van der Waals surface area contributed by atoms with Crippen molar-refractivity contribution in [2.45, 2.75) is 38.5 Å². The minimum absolute atomic E-state index is 0.140. The molecule has 2 heteroatoms. The third-order valence-corrected chi connectivity index (χ3v) is 13.1. The topological polar surface area (TPSA) is 16.4 Å². The van der Waals surface area contributed by atoms with E-state index in [9.17, 15) is 0 Å². The lowest BCUT2D eigenvalue weighted by Gasteiger charge is -2.29. The molecule has 0 radical (unpaired) electrons. The molecule has 2 nitrogen and oxygen atoms in total. The standard InChI is InChI=1S/C54H39NO/c1-53(2)47-29-38(22-26-41(47)45-30-46-42-15-9-10-16-49(42)56-50(46)31-48(45)53)55(36-20-17-32-11-5-6-13-34(32)27-36)37-21-25-40-35(28-37)19-24-44-43-23-18-33-12-7-8-14-39(33)51(43)54(3,4)52(40)44/h5-31H,1-4H3. The van der Waals surface area contributed by atoms with Gasteiger partial charge in [-0.05, 0) is 131 Å². The first-order chi connectivity index (χ1) is 27.3. The van der Waals surface area contributed by atoms with Crippen LogP contribution in [0.2, 0.25) is 0 Å². The minimum Gasteiger partial charge on any atom is -0.456 e. The molecule has 0 atom stereocenters. The first kappa shape index (κ1) is 31.7. The summed E-state index contributed by atoms with van der Waals surface area (Å²) in [6.07, 6.45) is 0. The molecule has 1 heterocycles. The Morgan fingerprint density at radius 3 is 1.71 bits per heavy atom. The summed E-state index contributed by atoms with van der Waals surface area (Å²) >= 11 is 0. The summed E-state index contributed by atoms with van der Waals surface area (Å²) in [5.74, 6) is 0. The Kier molecular flexibility index (Phi) is 6.22. The molecule has 2 aliphatic carbocycles. The van der Waals surface area contributed by atoms with Crippen LogP contribution in [0.4, 0.5) is 17.1 Å². The zero-order chi connectivity index (χ0) is 37.5. The third-order valence-electron chi connectivity index (χ3n) is 13.1. The fourth-order valence-corrected chi connectivity index (χ4v) is 10.5. The molecule has 0 N–H and O–H groups in total. The lowest BCUT2D eigenvalue weighted by molar-refractivity contribution is 0.647. The van der Waals surface area contributed by atoms with Crippen LogP contribution < -0.4 is 4.90 Å². The summed E-state index contributed by atoms with van der Waals surface area (Å²) in [4.78, 5) is 2.45. The smallest absolute Gasteiger partial charge is 0.135 e. The van der Waals surface area contributed by atoms with Crippen LogP contribution in [0.1, 0.15) is 49.9 Å². The second-order valence-corrected chi connectivity index (χ2v) is 16.9. The van der Waals surface area contributed by atoms with Crippen LogP contribution in [0.15, 0.2) is 168 Å². The van der Waals surface area contributed by atoms with Gasteiger partial charge in [-0.25, -0.2) is 0 Å². The van der Waals surface area contributed by atoms with Crippen LogP contribution in [0, 0.1) is 0 Å². The van der Waals surface area contributed by atoms with Crippen molar-refractivity contribution in [1.29, 1.82) is 0 Å². The van der Waals surface area contributed by atoms with E-state index in [0.29, 0.717) is 0 Å². The molecule has 266 valence electrons. The second kappa shape index (κ2) is 11.0. The predicted octanol–water partition coefficient (Wildman–Crippen LogP) is 15.1. The number of rotatable bonds is 3. The van der Waals surface area contributed by atoms with Gasteiger partial charge in [0.15, 0.2) is 0 Å². The number of benzene rings is 9. The summed E-state index contributed by atoms with van der Waals surface area (Å²) < 4.78 is 6.39. The Morgan fingerprint density at radius 1 is 0.357 bits per heavy atom. The lowest BCUT2D eigenvalue weighted by atomic mass is 9.78. The number of nitrogens with zero attached hydrogens (tertiary/aromatic N) is 1. The van der Waals surface area contributed by atoms with E-state index < -0.39 is 0 Å². The monoisotopic (exact) mass is 717 g/mol. The SMILES string of the molecule is CC1(C)c2cc(N(c3ccc4ccccc4c3)c3ccc4c5c(ccc4c3)-c3ccc4ccccc4c3C5(C)C)ccc2-c2cc3c(cc21)oc1ccccc13. The molecular formula is C54H39NO. The summed E-state index contributed by atoms with van der Waals surface area (Å²) in [5.41, 5.74) is 15.8. The number of anilines is 3. The van der Waals surface area contributed by atoms with Gasteiger partial charge in [0.05, 0.1) is 0 Å². The largest absolute Gasteiger partial charge is 0.456 e. The second-order valence-electron chi connectivity index (χ2n) is 16.9. The van der Waals surface area contributed by atoms with Gasteiger partial charge in [0, 0.05) is 38.7 Å². The van der Waals surface area contributed by atoms with Gasteiger partial charge in [-0.3, -0.25) is 0 Å². The zero-order valence-corrected chi connectivity index (χ0v) is 31.9. The first-order valence-electron chi connectivity index (χ1n) is 19.8. The Hall–Kier alpha value is -6.64. The van der Waals surface area contributed by atoms with E-state index in [-0.39, 0.29) is 10.8 Å². The average Bonchev–Trinajstić information content (AvgIpc) is 3.79. The van der Waals surface area contributed by atoms with Crippen LogP contribution in [0.5, 0.6) is 0 Å². The Morgan fingerprint density at radius 2 is 0.911 bits per heavy atom. The highest BCUT2D eigenvalue weighted by atomic mass is 16.3. The van der Waals surface area contributed by atoms with Gasteiger partial charge in [-0.2, -0.15) is 0 Å². The summed E-state index contributed by atoms with van der Waals surface area (Å²) in [6, 6.07) is 60.9. The number of hydrogen-bond acceptors (Lipinski definition) is 2. The molecule has 0 spiro atoms. The van der Waals surface area contributed by atoms with Crippen LogP contribution in [0.3, 0.4) is 0 Å². The van der Waals surface area contributed by atoms with Crippen LogP contribution in [0.25, 0.3) is 76.5 Å². The molecule has 2 aliphatic rings. The van der Waals surface area contributed by atoms with E-state index in [1.54, 1.807) is 0 Å². The van der Waals surface area contributed by atoms with Crippen molar-refractivity contribution in [3.05, 3.63) is 186 Å². The van der Waals surface area contributed by atoms with E-state index in [4.69, 9.17) is 4.42 Å². The van der Waals surface area contributed by atoms with Crippen molar-refractivity contribution in [2.75, 3.05) is 4.90 Å². The van der Waals surface area contributed by atoms with E-state index in [1.807, 2.05) is 6.07 Å². The molecular weight excluding hydrogens is 679 g/mol. The number of para-hydroxylation sites is 1. The van der Waals surface area contributed by atoms with Crippen LogP contribution in [-0.4, -0.2) is 0 Å². The molecule has 56 heavy (non-hydrogen) atoms. The number of fused-ring (bicyclic) bond motifs is 14. The number of furan rings is 1. The van der Waals surface area contributed by atoms with Gasteiger partial charge < -0.3 is 9.32 Å². The van der Waals surface area contributed by atoms with Crippen molar-refractivity contribution < 1.29 is 4.42 Å². The fraction of sp³-hybridized carbons (Fsp3) is 0.111. The lowest BCUT2D eigenvalue weighted by Crippen LogP contribution is -2.17. The molecule has 1 aromatic heterocycles. The van der Waals surface area contributed by atoms with E-state index in [0.717, 1.165) is 28.2 Å². The molecule has 0 amide bonds. The van der Waals surface area contributed by atoms with E-state index in [2.05, 4.69) is 190 Å². The van der Waals surface area contributed by atoms with Crippen molar-refractivity contribution in [3.8, 4) is 22.3 Å². The Bertz CT molecular complexity index is 3320. The van der Waals surface area contributed by atoms with Gasteiger partial charge in [0.1, 0.15) is 11.2 Å². The fourth-order valence-electron chi connectivity index (χ4n) is 10.5. The molecule has 0 unspecified atom stereocenters. The van der Waals surface area contributed by atoms with Gasteiger partial charge in [0.25, 0.3) is 0 Å². The predicted molar refractivity (Wildman–Crippen MR) is 236 cm³/mol. The number of hydrogen-bond donors (Lipinski definition) is 0. The summed E-state index contributed by atoms with van der Waals surface area (Å²) in [6.45, 7) is 9.52. The third kappa shape index (κ3) is 4.22. The zero-order valence-electron chi connectivity index (χ0n) is 31.9. The molecule has 0 aliphatic heterocycles. The average molecular weight is 718 g/mol. The van der Waals surface area contributed by atoms with Gasteiger partial charge >= 0.3 is 0 Å². The van der Waals surface area contributed by atoms with Gasteiger partial charge in [0.2, 0.25) is 0 Å². The van der Waals surface area contributed by atoms with Gasteiger partial charge in [-0.15, -0.1) is 0 Å². The molecule has 0 saturated carbocycles. The normalized spacial score (nSPS) is 14.7. The maximum atomic E-state index is 6.39. The van der Waals surface area contributed by atoms with Crippen molar-refractivity contribution >= 4 is 71.3 Å². The Labute approximate surface area is 326 Å². The van der Waals surface area contributed by atoms with E-state index in [1.165, 1.54) is 87.6 Å². The molecule has 9 aromatic carbocycles. The van der Waals surface area contributed by atoms with E-state index >= 15 is 0 Å². The van der Waals surface area contributed by atoms with Crippen molar-refractivity contribution in [2.24, 2.45) is 0 Å². The highest BCUT2D eigenvalue weighted by Crippen LogP contribution is 2.55. The highest BCUT2D eigenvalue weighted by Gasteiger charge is 2.39. The Balaban J connectivity index is 1.04. The summed E-state index contributed by atoms with van der Waals surface area (Å²) in [5, 5.41) is 10.0. The maximum Gasteiger partial charge on any atom is 0.135 e. The van der Waals surface area contributed by atoms with Gasteiger partial charge in [-0.1, -0.05) is 137 Å². The minimum atomic E-state index is -0.211. The van der Waals surface area contributed by atoms with Crippen LogP contribution in [-0.2, 0) is 10.8 Å². The molecule has 0 bridgehead atoms. The maximum absolute atomic E-state index is 6.39. The quantitative estimate of drug-likeness (QED) is 0.181. The van der Waals surface area contributed by atoms with Crippen LogP contribution >= 0.6 is 0 Å².